The predicted molar refractivity (Wildman–Crippen MR) is 134 cm³/mol. The average Bonchev–Trinajstić information content (AvgIpc) is 2.83. The van der Waals surface area contributed by atoms with Gasteiger partial charge in [0.05, 0.1) is 6.10 Å². The molecule has 0 radical (unpaired) electrons. The molecule has 31 heavy (non-hydrogen) atoms. The van der Waals surface area contributed by atoms with E-state index in [2.05, 4.69) is 62.0 Å². The van der Waals surface area contributed by atoms with Crippen LogP contribution in [0.3, 0.4) is 0 Å². The van der Waals surface area contributed by atoms with E-state index < -0.39 is 0 Å². The summed E-state index contributed by atoms with van der Waals surface area (Å²) in [4.78, 5) is 0. The van der Waals surface area contributed by atoms with E-state index in [4.69, 9.17) is 4.74 Å². The lowest BCUT2D eigenvalue weighted by molar-refractivity contribution is 0.100. The highest BCUT2D eigenvalue weighted by Gasteiger charge is 2.20. The molecule has 0 amide bonds. The van der Waals surface area contributed by atoms with Crippen molar-refractivity contribution in [3.63, 3.8) is 0 Å². The van der Waals surface area contributed by atoms with E-state index in [1.807, 2.05) is 6.08 Å². The summed E-state index contributed by atoms with van der Waals surface area (Å²) in [5.41, 5.74) is 5.48. The average molecular weight is 419 g/mol. The molecule has 1 unspecified atom stereocenters. The Hall–Kier alpha value is -1.86. The minimum absolute atomic E-state index is 0.238. The fourth-order valence-electron chi connectivity index (χ4n) is 5.20. The van der Waals surface area contributed by atoms with Crippen molar-refractivity contribution in [3.05, 3.63) is 77.4 Å². The number of hydrogen-bond donors (Lipinski definition) is 0. The fraction of sp³-hybridized carbons (Fsp3) is 0.533. The van der Waals surface area contributed by atoms with Crippen LogP contribution in [0.5, 0.6) is 0 Å². The Morgan fingerprint density at radius 2 is 1.42 bits per heavy atom. The molecule has 1 atom stereocenters. The molecule has 2 aromatic rings. The standard InChI is InChI=1S/C30H42O/c1-4-24-10-12-27(13-11-24)18-19-28-16-14-25(15-17-28)8-6-7-9-26-20-22-29(23-21-26)30(5-2)31-3/h4,10-13,20-23,25,28,30H,1,5-9,14-19H2,2-3H3. The molecule has 2 aromatic carbocycles. The van der Waals surface area contributed by atoms with E-state index in [0.717, 1.165) is 18.3 Å². The van der Waals surface area contributed by atoms with E-state index in [9.17, 15) is 0 Å². The van der Waals surface area contributed by atoms with Crippen LogP contribution in [-0.4, -0.2) is 7.11 Å². The van der Waals surface area contributed by atoms with Gasteiger partial charge in [0.25, 0.3) is 0 Å². The van der Waals surface area contributed by atoms with Gasteiger partial charge in [-0.15, -0.1) is 0 Å². The van der Waals surface area contributed by atoms with Crippen molar-refractivity contribution in [1.82, 2.24) is 0 Å². The number of rotatable bonds is 12. The first kappa shape index (κ1) is 23.8. The normalized spacial score (nSPS) is 19.8. The summed E-state index contributed by atoms with van der Waals surface area (Å²) in [5, 5.41) is 0. The van der Waals surface area contributed by atoms with Gasteiger partial charge in [-0.2, -0.15) is 0 Å². The molecule has 1 nitrogen and oxygen atoms in total. The van der Waals surface area contributed by atoms with Crippen LogP contribution in [0, 0.1) is 11.8 Å². The van der Waals surface area contributed by atoms with Gasteiger partial charge in [-0.1, -0.05) is 107 Å². The van der Waals surface area contributed by atoms with Crippen LogP contribution in [0.2, 0.25) is 0 Å². The lowest BCUT2D eigenvalue weighted by Gasteiger charge is -2.28. The zero-order valence-electron chi connectivity index (χ0n) is 19.8. The second kappa shape index (κ2) is 12.9. The van der Waals surface area contributed by atoms with E-state index in [-0.39, 0.29) is 6.10 Å². The highest BCUT2D eigenvalue weighted by molar-refractivity contribution is 5.47. The van der Waals surface area contributed by atoms with Gasteiger partial charge in [0.1, 0.15) is 0 Å². The van der Waals surface area contributed by atoms with Crippen molar-refractivity contribution in [1.29, 1.82) is 0 Å². The van der Waals surface area contributed by atoms with Gasteiger partial charge in [-0.05, 0) is 66.2 Å². The molecule has 1 fully saturated rings. The third-order valence-electron chi connectivity index (χ3n) is 7.36. The highest BCUT2D eigenvalue weighted by Crippen LogP contribution is 2.34. The van der Waals surface area contributed by atoms with E-state index in [1.54, 1.807) is 7.11 Å². The molecule has 0 aromatic heterocycles. The van der Waals surface area contributed by atoms with Crippen LogP contribution in [0.1, 0.15) is 93.1 Å². The number of aryl methyl sites for hydroxylation is 2. The molecule has 1 saturated carbocycles. The zero-order valence-corrected chi connectivity index (χ0v) is 19.8. The van der Waals surface area contributed by atoms with Gasteiger partial charge in [-0.25, -0.2) is 0 Å². The quantitative estimate of drug-likeness (QED) is 0.314. The largest absolute Gasteiger partial charge is 0.377 e. The first-order valence-electron chi connectivity index (χ1n) is 12.5. The topological polar surface area (TPSA) is 9.23 Å². The van der Waals surface area contributed by atoms with E-state index in [0.29, 0.717) is 0 Å². The molecule has 0 bridgehead atoms. The Kier molecular flexibility index (Phi) is 9.87. The van der Waals surface area contributed by atoms with Gasteiger partial charge in [0.2, 0.25) is 0 Å². The lowest BCUT2D eigenvalue weighted by Crippen LogP contribution is -2.15. The molecular weight excluding hydrogens is 376 g/mol. The fourth-order valence-corrected chi connectivity index (χ4v) is 5.20. The van der Waals surface area contributed by atoms with Gasteiger partial charge in [0.15, 0.2) is 0 Å². The Bertz CT molecular complexity index is 746. The molecule has 1 aliphatic carbocycles. The Balaban J connectivity index is 1.28. The second-order valence-corrected chi connectivity index (χ2v) is 9.49. The highest BCUT2D eigenvalue weighted by atomic mass is 16.5. The SMILES string of the molecule is C=Cc1ccc(CCC2CCC(CCCCc3ccc(C(CC)OC)cc3)CC2)cc1. The summed E-state index contributed by atoms with van der Waals surface area (Å²) in [6, 6.07) is 18.0. The number of hydrogen-bond acceptors (Lipinski definition) is 1. The molecule has 1 heteroatoms. The monoisotopic (exact) mass is 418 g/mol. The van der Waals surface area contributed by atoms with Crippen LogP contribution in [0.25, 0.3) is 6.08 Å². The Labute approximate surface area is 190 Å². The molecule has 0 spiro atoms. The first-order chi connectivity index (χ1) is 15.2. The van der Waals surface area contributed by atoms with Crippen molar-refractivity contribution in [2.45, 2.75) is 83.7 Å². The Morgan fingerprint density at radius 1 is 0.839 bits per heavy atom. The summed E-state index contributed by atoms with van der Waals surface area (Å²) in [6.07, 6.45) is 16.9. The molecule has 0 aliphatic heterocycles. The molecule has 168 valence electrons. The minimum atomic E-state index is 0.238. The molecule has 3 rings (SSSR count). The van der Waals surface area contributed by atoms with Crippen LogP contribution >= 0.6 is 0 Å². The van der Waals surface area contributed by atoms with E-state index >= 15 is 0 Å². The van der Waals surface area contributed by atoms with Crippen LogP contribution in [-0.2, 0) is 17.6 Å². The number of ether oxygens (including phenoxy) is 1. The first-order valence-corrected chi connectivity index (χ1v) is 12.5. The van der Waals surface area contributed by atoms with Crippen molar-refractivity contribution in [2.24, 2.45) is 11.8 Å². The number of methoxy groups -OCH3 is 1. The van der Waals surface area contributed by atoms with Crippen molar-refractivity contribution >= 4 is 6.08 Å². The van der Waals surface area contributed by atoms with Crippen LogP contribution < -0.4 is 0 Å². The predicted octanol–water partition coefficient (Wildman–Crippen LogP) is 8.58. The van der Waals surface area contributed by atoms with Crippen molar-refractivity contribution < 1.29 is 4.74 Å². The van der Waals surface area contributed by atoms with Gasteiger partial charge < -0.3 is 4.74 Å². The lowest BCUT2D eigenvalue weighted by atomic mass is 9.77. The third-order valence-corrected chi connectivity index (χ3v) is 7.36. The molecule has 1 aliphatic rings. The van der Waals surface area contributed by atoms with Crippen molar-refractivity contribution in [3.8, 4) is 0 Å². The van der Waals surface area contributed by atoms with Gasteiger partial charge in [0, 0.05) is 7.11 Å². The van der Waals surface area contributed by atoms with Gasteiger partial charge in [-0.3, -0.25) is 0 Å². The van der Waals surface area contributed by atoms with Crippen LogP contribution in [0.15, 0.2) is 55.1 Å². The van der Waals surface area contributed by atoms with E-state index in [1.165, 1.54) is 86.5 Å². The summed E-state index contributed by atoms with van der Waals surface area (Å²) >= 11 is 0. The maximum atomic E-state index is 5.54. The molecule has 0 saturated heterocycles. The maximum Gasteiger partial charge on any atom is 0.0818 e. The molecular formula is C30H42O. The Morgan fingerprint density at radius 3 is 2.00 bits per heavy atom. The smallest absolute Gasteiger partial charge is 0.0818 e. The molecule has 0 N–H and O–H groups in total. The van der Waals surface area contributed by atoms with Gasteiger partial charge >= 0.3 is 0 Å². The van der Waals surface area contributed by atoms with Crippen molar-refractivity contribution in [2.75, 3.05) is 7.11 Å². The summed E-state index contributed by atoms with van der Waals surface area (Å²) in [5.74, 6) is 1.91. The maximum absolute atomic E-state index is 5.54. The molecule has 0 heterocycles. The third kappa shape index (κ3) is 7.65. The summed E-state index contributed by atoms with van der Waals surface area (Å²) < 4.78 is 5.54. The number of benzene rings is 2. The second-order valence-electron chi connectivity index (χ2n) is 9.49. The zero-order chi connectivity index (χ0) is 21.9. The minimum Gasteiger partial charge on any atom is -0.377 e. The number of unbranched alkanes of at least 4 members (excludes halogenated alkanes) is 1. The summed E-state index contributed by atoms with van der Waals surface area (Å²) in [6.45, 7) is 6.02. The summed E-state index contributed by atoms with van der Waals surface area (Å²) in [7, 11) is 1.80. The van der Waals surface area contributed by atoms with Crippen LogP contribution in [0.4, 0.5) is 0 Å².